The van der Waals surface area contributed by atoms with Gasteiger partial charge in [0.2, 0.25) is 5.91 Å². The van der Waals surface area contributed by atoms with Gasteiger partial charge in [0.25, 0.3) is 5.69 Å². The van der Waals surface area contributed by atoms with Gasteiger partial charge in [-0.05, 0) is 43.2 Å². The van der Waals surface area contributed by atoms with Gasteiger partial charge in [0.05, 0.1) is 10.2 Å². The predicted molar refractivity (Wildman–Crippen MR) is 92.9 cm³/mol. The molecule has 0 spiro atoms. The van der Waals surface area contributed by atoms with E-state index < -0.39 is 4.92 Å². The van der Waals surface area contributed by atoms with Gasteiger partial charge in [-0.25, -0.2) is 0 Å². The van der Waals surface area contributed by atoms with E-state index in [1.54, 1.807) is 12.1 Å². The molecule has 0 bridgehead atoms. The van der Waals surface area contributed by atoms with Gasteiger partial charge in [0.15, 0.2) is 0 Å². The molecule has 5 nitrogen and oxygen atoms in total. The summed E-state index contributed by atoms with van der Waals surface area (Å²) in [5.41, 5.74) is 1.99. The molecule has 0 saturated heterocycles. The van der Waals surface area contributed by atoms with Crippen LogP contribution in [0.3, 0.4) is 0 Å². The third-order valence-corrected chi connectivity index (χ3v) is 4.44. The zero-order chi connectivity index (χ0) is 16.8. The van der Waals surface area contributed by atoms with Crippen molar-refractivity contribution in [3.63, 3.8) is 0 Å². The summed E-state index contributed by atoms with van der Waals surface area (Å²) < 4.78 is 0. The molecule has 0 aliphatic rings. The lowest BCUT2D eigenvalue weighted by atomic mass is 10.1. The van der Waals surface area contributed by atoms with Crippen LogP contribution in [0.25, 0.3) is 0 Å². The summed E-state index contributed by atoms with van der Waals surface area (Å²) in [6.07, 6.45) is 0.914. The van der Waals surface area contributed by atoms with Crippen molar-refractivity contribution in [1.82, 2.24) is 0 Å². The average molecular weight is 330 g/mol. The molecule has 1 amide bonds. The molecule has 120 valence electrons. The second kappa shape index (κ2) is 7.78. The maximum absolute atomic E-state index is 12.3. The first-order chi connectivity index (χ1) is 11.0. The third-order valence-electron chi connectivity index (χ3n) is 3.33. The fraction of sp³-hybridized carbons (Fsp3) is 0.235. The summed E-state index contributed by atoms with van der Waals surface area (Å²) in [6.45, 7) is 3.87. The standard InChI is InChI=1S/C17H18N2O3S/c1-3-13-5-4-6-14(11-13)18-17(20)12(2)23-16-9-7-15(8-10-16)19(21)22/h4-12H,3H2,1-2H3,(H,18,20). The van der Waals surface area contributed by atoms with Gasteiger partial charge in [-0.15, -0.1) is 11.8 Å². The number of hydrogen-bond acceptors (Lipinski definition) is 4. The van der Waals surface area contributed by atoms with E-state index in [0.29, 0.717) is 0 Å². The van der Waals surface area contributed by atoms with Gasteiger partial charge < -0.3 is 5.32 Å². The minimum Gasteiger partial charge on any atom is -0.325 e. The average Bonchev–Trinajstić information content (AvgIpc) is 2.55. The normalized spacial score (nSPS) is 11.7. The molecule has 1 unspecified atom stereocenters. The van der Waals surface area contributed by atoms with Gasteiger partial charge in [0.1, 0.15) is 0 Å². The molecule has 0 aliphatic heterocycles. The maximum atomic E-state index is 12.3. The van der Waals surface area contributed by atoms with Crippen molar-refractivity contribution >= 4 is 29.0 Å². The van der Waals surface area contributed by atoms with Crippen molar-refractivity contribution < 1.29 is 9.72 Å². The number of nitro benzene ring substituents is 1. The number of carbonyl (C=O) groups is 1. The van der Waals surface area contributed by atoms with Crippen molar-refractivity contribution in [1.29, 1.82) is 0 Å². The highest BCUT2D eigenvalue weighted by molar-refractivity contribution is 8.00. The number of nitro groups is 1. The molecule has 23 heavy (non-hydrogen) atoms. The Kier molecular flexibility index (Phi) is 5.76. The zero-order valence-electron chi connectivity index (χ0n) is 13.0. The molecule has 0 aromatic heterocycles. The van der Waals surface area contributed by atoms with Crippen molar-refractivity contribution in [2.45, 2.75) is 30.4 Å². The highest BCUT2D eigenvalue weighted by Crippen LogP contribution is 2.26. The lowest BCUT2D eigenvalue weighted by Crippen LogP contribution is -2.22. The Balaban J connectivity index is 1.97. The zero-order valence-corrected chi connectivity index (χ0v) is 13.8. The van der Waals surface area contributed by atoms with Crippen LogP contribution in [0.15, 0.2) is 53.4 Å². The fourth-order valence-corrected chi connectivity index (χ4v) is 2.88. The summed E-state index contributed by atoms with van der Waals surface area (Å²) >= 11 is 1.37. The monoisotopic (exact) mass is 330 g/mol. The van der Waals surface area contributed by atoms with Crippen LogP contribution in [0, 0.1) is 10.1 Å². The van der Waals surface area contributed by atoms with Crippen LogP contribution in [0.4, 0.5) is 11.4 Å². The smallest absolute Gasteiger partial charge is 0.269 e. The lowest BCUT2D eigenvalue weighted by molar-refractivity contribution is -0.384. The van der Waals surface area contributed by atoms with Crippen molar-refractivity contribution in [3.8, 4) is 0 Å². The second-order valence-corrected chi connectivity index (χ2v) is 6.47. The van der Waals surface area contributed by atoms with E-state index in [4.69, 9.17) is 0 Å². The van der Waals surface area contributed by atoms with Crippen LogP contribution in [0.1, 0.15) is 19.4 Å². The highest BCUT2D eigenvalue weighted by Gasteiger charge is 2.15. The maximum Gasteiger partial charge on any atom is 0.269 e. The molecule has 0 aliphatic carbocycles. The van der Waals surface area contributed by atoms with E-state index in [2.05, 4.69) is 12.2 Å². The Morgan fingerprint density at radius 3 is 2.57 bits per heavy atom. The lowest BCUT2D eigenvalue weighted by Gasteiger charge is -2.12. The molecule has 0 heterocycles. The van der Waals surface area contributed by atoms with Crippen molar-refractivity contribution in [2.24, 2.45) is 0 Å². The van der Waals surface area contributed by atoms with Crippen LogP contribution in [0.2, 0.25) is 0 Å². The molecule has 2 aromatic carbocycles. The van der Waals surface area contributed by atoms with Gasteiger partial charge in [-0.1, -0.05) is 19.1 Å². The summed E-state index contributed by atoms with van der Waals surface area (Å²) in [5, 5.41) is 13.2. The van der Waals surface area contributed by atoms with Gasteiger partial charge >= 0.3 is 0 Å². The number of carbonyl (C=O) groups excluding carboxylic acids is 1. The molecule has 1 N–H and O–H groups in total. The van der Waals surface area contributed by atoms with Crippen LogP contribution < -0.4 is 5.32 Å². The van der Waals surface area contributed by atoms with Crippen molar-refractivity contribution in [3.05, 3.63) is 64.2 Å². The number of nitrogens with one attached hydrogen (secondary N) is 1. The Morgan fingerprint density at radius 1 is 1.26 bits per heavy atom. The largest absolute Gasteiger partial charge is 0.325 e. The van der Waals surface area contributed by atoms with Crippen LogP contribution >= 0.6 is 11.8 Å². The first kappa shape index (κ1) is 17.0. The van der Waals surface area contributed by atoms with Gasteiger partial charge in [-0.3, -0.25) is 14.9 Å². The van der Waals surface area contributed by atoms with E-state index in [0.717, 1.165) is 17.0 Å². The molecule has 2 aromatic rings. The molecular formula is C17H18N2O3S. The number of anilines is 1. The third kappa shape index (κ3) is 4.82. The van der Waals surface area contributed by atoms with Crippen molar-refractivity contribution in [2.75, 3.05) is 5.32 Å². The SMILES string of the molecule is CCc1cccc(NC(=O)C(C)Sc2ccc([N+](=O)[O-])cc2)c1. The van der Waals surface area contributed by atoms with Crippen LogP contribution in [-0.4, -0.2) is 16.1 Å². The Hall–Kier alpha value is -2.34. The van der Waals surface area contributed by atoms with E-state index in [1.807, 2.05) is 31.2 Å². The molecular weight excluding hydrogens is 312 g/mol. The number of aryl methyl sites for hydroxylation is 1. The van der Waals surface area contributed by atoms with E-state index in [9.17, 15) is 14.9 Å². The molecule has 0 saturated carbocycles. The predicted octanol–water partition coefficient (Wildman–Crippen LogP) is 4.28. The number of non-ortho nitro benzene ring substituents is 1. The van der Waals surface area contributed by atoms with E-state index >= 15 is 0 Å². The summed E-state index contributed by atoms with van der Waals surface area (Å²) in [4.78, 5) is 23.3. The topological polar surface area (TPSA) is 72.2 Å². The van der Waals surface area contributed by atoms with Crippen LogP contribution in [-0.2, 0) is 11.2 Å². The molecule has 0 fully saturated rings. The van der Waals surface area contributed by atoms with Gasteiger partial charge in [0, 0.05) is 22.7 Å². The minimum atomic E-state index is -0.439. The number of benzene rings is 2. The number of nitrogens with zero attached hydrogens (tertiary/aromatic N) is 1. The fourth-order valence-electron chi connectivity index (χ4n) is 2.02. The Bertz CT molecular complexity index is 701. The van der Waals surface area contributed by atoms with Gasteiger partial charge in [-0.2, -0.15) is 0 Å². The Morgan fingerprint density at radius 2 is 1.96 bits per heavy atom. The quantitative estimate of drug-likeness (QED) is 0.487. The van der Waals surface area contributed by atoms with Crippen LogP contribution in [0.5, 0.6) is 0 Å². The summed E-state index contributed by atoms with van der Waals surface area (Å²) in [5.74, 6) is -0.0957. The number of rotatable bonds is 6. The summed E-state index contributed by atoms with van der Waals surface area (Å²) in [6, 6.07) is 14.0. The summed E-state index contributed by atoms with van der Waals surface area (Å²) in [7, 11) is 0. The second-order valence-electron chi connectivity index (χ2n) is 5.05. The number of amides is 1. The van der Waals surface area contributed by atoms with E-state index in [-0.39, 0.29) is 16.8 Å². The number of hydrogen-bond donors (Lipinski definition) is 1. The molecule has 6 heteroatoms. The first-order valence-electron chi connectivity index (χ1n) is 7.30. The first-order valence-corrected chi connectivity index (χ1v) is 8.18. The molecule has 1 atom stereocenters. The Labute approximate surface area is 139 Å². The molecule has 0 radical (unpaired) electrons. The minimum absolute atomic E-state index is 0.0443. The highest BCUT2D eigenvalue weighted by atomic mass is 32.2. The molecule has 2 rings (SSSR count). The number of thioether (sulfide) groups is 1. The van der Waals surface area contributed by atoms with E-state index in [1.165, 1.54) is 29.5 Å².